The van der Waals surface area contributed by atoms with E-state index in [1.54, 1.807) is 6.92 Å². The Bertz CT molecular complexity index is 207. The van der Waals surface area contributed by atoms with Gasteiger partial charge in [-0.2, -0.15) is 0 Å². The Balaban J connectivity index is 2.72. The first kappa shape index (κ1) is 10.4. The number of aliphatic hydroxyl groups is 1. The minimum Gasteiger partial charge on any atom is -0.477 e. The highest BCUT2D eigenvalue weighted by atomic mass is 16.5. The molecule has 3 nitrogen and oxygen atoms in total. The van der Waals surface area contributed by atoms with E-state index in [1.165, 1.54) is 5.57 Å². The maximum absolute atomic E-state index is 9.31. The molecule has 2 atom stereocenters. The van der Waals surface area contributed by atoms with Crippen molar-refractivity contribution >= 4 is 0 Å². The molecule has 1 saturated heterocycles. The summed E-state index contributed by atoms with van der Waals surface area (Å²) in [5.74, 6) is 0.938. The summed E-state index contributed by atoms with van der Waals surface area (Å²) in [6, 6.07) is 0.375. The van der Waals surface area contributed by atoms with Crippen LogP contribution in [0.1, 0.15) is 27.7 Å². The van der Waals surface area contributed by atoms with Crippen LogP contribution in [0.5, 0.6) is 0 Å². The molecule has 3 heteroatoms. The summed E-state index contributed by atoms with van der Waals surface area (Å²) >= 11 is 0. The monoisotopic (exact) mass is 185 g/mol. The Morgan fingerprint density at radius 2 is 2.31 bits per heavy atom. The molecule has 0 spiro atoms. The van der Waals surface area contributed by atoms with Gasteiger partial charge in [0.1, 0.15) is 6.61 Å². The number of hydrogen-bond acceptors (Lipinski definition) is 3. The summed E-state index contributed by atoms with van der Waals surface area (Å²) in [7, 11) is 0. The van der Waals surface area contributed by atoms with Crippen LogP contribution in [-0.4, -0.2) is 35.3 Å². The molecule has 0 aromatic rings. The second kappa shape index (κ2) is 4.01. The maximum atomic E-state index is 9.31. The first-order valence-electron chi connectivity index (χ1n) is 4.77. The molecule has 1 N–H and O–H groups in total. The van der Waals surface area contributed by atoms with Crippen molar-refractivity contribution in [1.82, 2.24) is 4.90 Å². The van der Waals surface area contributed by atoms with Crippen molar-refractivity contribution in [3.05, 3.63) is 11.5 Å². The zero-order valence-electron chi connectivity index (χ0n) is 8.87. The Hall–Kier alpha value is -0.700. The lowest BCUT2D eigenvalue weighted by Crippen LogP contribution is -2.33. The fourth-order valence-corrected chi connectivity index (χ4v) is 1.55. The van der Waals surface area contributed by atoms with Crippen LogP contribution in [0.15, 0.2) is 11.5 Å². The SMILES string of the molecule is CC(C)=C1OCC(C)N1CC(C)O. The lowest BCUT2D eigenvalue weighted by Gasteiger charge is -2.24. The predicted octanol–water partition coefficient (Wildman–Crippen LogP) is 1.34. The number of nitrogens with zero attached hydrogens (tertiary/aromatic N) is 1. The molecule has 0 bridgehead atoms. The van der Waals surface area contributed by atoms with Crippen LogP contribution >= 0.6 is 0 Å². The number of aliphatic hydroxyl groups excluding tert-OH is 1. The molecule has 0 aliphatic carbocycles. The Labute approximate surface area is 80.0 Å². The van der Waals surface area contributed by atoms with Crippen LogP contribution in [0.2, 0.25) is 0 Å². The fourth-order valence-electron chi connectivity index (χ4n) is 1.55. The van der Waals surface area contributed by atoms with Gasteiger partial charge in [-0.15, -0.1) is 0 Å². The molecule has 13 heavy (non-hydrogen) atoms. The molecular formula is C10H19NO2. The van der Waals surface area contributed by atoms with E-state index in [9.17, 15) is 5.11 Å². The molecule has 0 radical (unpaired) electrons. The maximum Gasteiger partial charge on any atom is 0.188 e. The second-order valence-electron chi connectivity index (χ2n) is 3.97. The van der Waals surface area contributed by atoms with Crippen molar-refractivity contribution in [2.45, 2.75) is 39.8 Å². The Kier molecular flexibility index (Phi) is 3.20. The van der Waals surface area contributed by atoms with Gasteiger partial charge in [-0.1, -0.05) is 0 Å². The van der Waals surface area contributed by atoms with Crippen LogP contribution in [0.4, 0.5) is 0 Å². The average Bonchev–Trinajstić information content (AvgIpc) is 2.32. The molecule has 1 aliphatic heterocycles. The van der Waals surface area contributed by atoms with E-state index in [0.29, 0.717) is 12.6 Å². The summed E-state index contributed by atoms with van der Waals surface area (Å²) < 4.78 is 5.53. The summed E-state index contributed by atoms with van der Waals surface area (Å²) in [6.45, 7) is 9.35. The van der Waals surface area contributed by atoms with Gasteiger partial charge in [-0.05, 0) is 33.3 Å². The van der Waals surface area contributed by atoms with E-state index in [0.717, 1.165) is 12.5 Å². The third kappa shape index (κ3) is 2.37. The summed E-state index contributed by atoms with van der Waals surface area (Å²) in [5.41, 5.74) is 1.17. The normalized spacial score (nSPS) is 24.5. The van der Waals surface area contributed by atoms with Gasteiger partial charge in [0.05, 0.1) is 12.1 Å². The van der Waals surface area contributed by atoms with Gasteiger partial charge in [0.15, 0.2) is 5.88 Å². The van der Waals surface area contributed by atoms with Crippen molar-refractivity contribution < 1.29 is 9.84 Å². The molecule has 1 fully saturated rings. The first-order valence-corrected chi connectivity index (χ1v) is 4.77. The minimum absolute atomic E-state index is 0.307. The van der Waals surface area contributed by atoms with Crippen LogP contribution in [0, 0.1) is 0 Å². The highest BCUT2D eigenvalue weighted by Crippen LogP contribution is 2.23. The second-order valence-corrected chi connectivity index (χ2v) is 3.97. The van der Waals surface area contributed by atoms with Gasteiger partial charge < -0.3 is 14.7 Å². The highest BCUT2D eigenvalue weighted by Gasteiger charge is 2.27. The van der Waals surface area contributed by atoms with Crippen LogP contribution < -0.4 is 0 Å². The van der Waals surface area contributed by atoms with Crippen molar-refractivity contribution in [3.8, 4) is 0 Å². The lowest BCUT2D eigenvalue weighted by molar-refractivity contribution is 0.130. The average molecular weight is 185 g/mol. The van der Waals surface area contributed by atoms with E-state index in [2.05, 4.69) is 11.8 Å². The van der Waals surface area contributed by atoms with Gasteiger partial charge in [0.2, 0.25) is 0 Å². The van der Waals surface area contributed by atoms with E-state index in [4.69, 9.17) is 4.74 Å². The van der Waals surface area contributed by atoms with Crippen molar-refractivity contribution in [3.63, 3.8) is 0 Å². The van der Waals surface area contributed by atoms with Crippen molar-refractivity contribution in [1.29, 1.82) is 0 Å². The summed E-state index contributed by atoms with van der Waals surface area (Å²) in [5, 5.41) is 9.31. The quantitative estimate of drug-likeness (QED) is 0.704. The molecule has 1 aliphatic rings. The minimum atomic E-state index is -0.307. The van der Waals surface area contributed by atoms with E-state index < -0.39 is 0 Å². The van der Waals surface area contributed by atoms with Gasteiger partial charge in [-0.3, -0.25) is 0 Å². The molecule has 0 amide bonds. The molecule has 0 saturated carbocycles. The number of hydrogen-bond donors (Lipinski definition) is 1. The van der Waals surface area contributed by atoms with Gasteiger partial charge in [0.25, 0.3) is 0 Å². The van der Waals surface area contributed by atoms with Gasteiger partial charge in [0, 0.05) is 6.54 Å². The number of β-amino-alcohol motifs (C(OH)–C–C–N with tert-alkyl or cyclic N) is 1. The Morgan fingerprint density at radius 1 is 1.69 bits per heavy atom. The van der Waals surface area contributed by atoms with Crippen LogP contribution in [0.3, 0.4) is 0 Å². The molecular weight excluding hydrogens is 166 g/mol. The topological polar surface area (TPSA) is 32.7 Å². The standard InChI is InChI=1S/C10H19NO2/c1-7(2)10-11(5-9(4)12)8(3)6-13-10/h8-9,12H,5-6H2,1-4H3. The third-order valence-electron chi connectivity index (χ3n) is 2.14. The molecule has 2 unspecified atom stereocenters. The summed E-state index contributed by atoms with van der Waals surface area (Å²) in [6.07, 6.45) is -0.307. The molecule has 1 heterocycles. The highest BCUT2D eigenvalue weighted by molar-refractivity contribution is 5.07. The van der Waals surface area contributed by atoms with Crippen molar-refractivity contribution in [2.75, 3.05) is 13.2 Å². The largest absolute Gasteiger partial charge is 0.477 e. The predicted molar refractivity (Wildman–Crippen MR) is 52.2 cm³/mol. The van der Waals surface area contributed by atoms with Gasteiger partial charge >= 0.3 is 0 Å². The number of allylic oxidation sites excluding steroid dienone is 1. The molecule has 1 rings (SSSR count). The van der Waals surface area contributed by atoms with Gasteiger partial charge in [-0.25, -0.2) is 0 Å². The molecule has 0 aromatic heterocycles. The number of rotatable bonds is 2. The van der Waals surface area contributed by atoms with E-state index in [-0.39, 0.29) is 6.10 Å². The van der Waals surface area contributed by atoms with Crippen molar-refractivity contribution in [2.24, 2.45) is 0 Å². The van der Waals surface area contributed by atoms with Crippen LogP contribution in [0.25, 0.3) is 0 Å². The van der Waals surface area contributed by atoms with E-state index in [1.807, 2.05) is 13.8 Å². The summed E-state index contributed by atoms with van der Waals surface area (Å²) in [4.78, 5) is 2.12. The first-order chi connectivity index (χ1) is 6.02. The third-order valence-corrected chi connectivity index (χ3v) is 2.14. The number of ether oxygens (including phenoxy) is 1. The smallest absolute Gasteiger partial charge is 0.188 e. The van der Waals surface area contributed by atoms with E-state index >= 15 is 0 Å². The zero-order chi connectivity index (χ0) is 10.0. The van der Waals surface area contributed by atoms with Crippen LogP contribution in [-0.2, 0) is 4.74 Å². The lowest BCUT2D eigenvalue weighted by atomic mass is 10.2. The Morgan fingerprint density at radius 3 is 2.77 bits per heavy atom. The molecule has 76 valence electrons. The zero-order valence-corrected chi connectivity index (χ0v) is 8.87. The molecule has 0 aromatic carbocycles. The fraction of sp³-hybridized carbons (Fsp3) is 0.800.